The van der Waals surface area contributed by atoms with Crippen molar-refractivity contribution in [2.45, 2.75) is 32.9 Å². The average Bonchev–Trinajstić information content (AvgIpc) is 3.49. The van der Waals surface area contributed by atoms with Crippen molar-refractivity contribution in [1.29, 1.82) is 0 Å². The van der Waals surface area contributed by atoms with Crippen molar-refractivity contribution >= 4 is 45.6 Å². The van der Waals surface area contributed by atoms with Crippen LogP contribution in [0.1, 0.15) is 17.8 Å². The Labute approximate surface area is 200 Å². The number of anilines is 1. The smallest absolute Gasteiger partial charge is 0.268 e. The summed E-state index contributed by atoms with van der Waals surface area (Å²) in [6.45, 7) is 3.21. The molecule has 2 aromatic heterocycles. The Balaban J connectivity index is 1.34. The highest BCUT2D eigenvalue weighted by Gasteiger charge is 2.30. The zero-order valence-corrected chi connectivity index (χ0v) is 19.8. The van der Waals surface area contributed by atoms with Gasteiger partial charge in [-0.05, 0) is 31.5 Å². The molecule has 0 saturated carbocycles. The number of nitrogens with one attached hydrogen (secondary N) is 1. The lowest BCUT2D eigenvalue weighted by Crippen LogP contribution is -2.42. The van der Waals surface area contributed by atoms with E-state index in [0.29, 0.717) is 15.2 Å². The molecular formula is C24H21Cl2N4OS+. The summed E-state index contributed by atoms with van der Waals surface area (Å²) in [7, 11) is 0. The fourth-order valence-corrected chi connectivity index (χ4v) is 5.07. The van der Waals surface area contributed by atoms with Crippen molar-refractivity contribution in [2.24, 2.45) is 0 Å². The van der Waals surface area contributed by atoms with E-state index in [0.717, 1.165) is 47.7 Å². The number of carbonyl (C=O) groups is 1. The van der Waals surface area contributed by atoms with Crippen LogP contribution in [0.25, 0.3) is 22.5 Å². The Morgan fingerprint density at radius 2 is 1.94 bits per heavy atom. The molecular weight excluding hydrogens is 463 g/mol. The lowest BCUT2D eigenvalue weighted by atomic mass is 10.1. The van der Waals surface area contributed by atoms with Crippen molar-refractivity contribution in [2.75, 3.05) is 5.32 Å². The molecule has 1 aliphatic heterocycles. The molecule has 8 heteroatoms. The number of rotatable bonds is 5. The number of hydrogen-bond donors (Lipinski definition) is 1. The highest BCUT2D eigenvalue weighted by atomic mass is 35.5. The molecule has 0 aliphatic carbocycles. The molecule has 2 aromatic carbocycles. The van der Waals surface area contributed by atoms with E-state index in [1.165, 1.54) is 16.9 Å². The summed E-state index contributed by atoms with van der Waals surface area (Å²) in [5.74, 6) is 1.04. The minimum Gasteiger partial charge on any atom is -0.299 e. The van der Waals surface area contributed by atoms with Crippen LogP contribution in [-0.4, -0.2) is 15.5 Å². The Morgan fingerprint density at radius 1 is 1.16 bits per heavy atom. The lowest BCUT2D eigenvalue weighted by molar-refractivity contribution is -0.690. The minimum atomic E-state index is -0.0965. The Bertz CT molecular complexity index is 1310. The number of imidazole rings is 1. The zero-order chi connectivity index (χ0) is 22.2. The summed E-state index contributed by atoms with van der Waals surface area (Å²) < 4.78 is 4.28. The molecule has 5 rings (SSSR count). The predicted octanol–water partition coefficient (Wildman–Crippen LogP) is 5.77. The van der Waals surface area contributed by atoms with E-state index >= 15 is 0 Å². The molecule has 0 saturated heterocycles. The van der Waals surface area contributed by atoms with Gasteiger partial charge in [0.15, 0.2) is 17.4 Å². The van der Waals surface area contributed by atoms with Crippen LogP contribution in [0.3, 0.4) is 0 Å². The molecule has 0 bridgehead atoms. The normalized spacial score (nSPS) is 12.7. The van der Waals surface area contributed by atoms with Gasteiger partial charge in [-0.15, -0.1) is 11.3 Å². The number of benzene rings is 2. The van der Waals surface area contributed by atoms with Gasteiger partial charge in [0, 0.05) is 16.5 Å². The average molecular weight is 484 g/mol. The number of thiazole rings is 1. The number of fused-ring (bicyclic) bond motifs is 1. The largest absolute Gasteiger partial charge is 0.299 e. The van der Waals surface area contributed by atoms with Crippen LogP contribution in [0.5, 0.6) is 0 Å². The minimum absolute atomic E-state index is 0.0965. The van der Waals surface area contributed by atoms with Crippen LogP contribution >= 0.6 is 34.5 Å². The molecule has 5 nitrogen and oxygen atoms in total. The fraction of sp³-hybridized carbons (Fsp3) is 0.208. The quantitative estimate of drug-likeness (QED) is 0.366. The van der Waals surface area contributed by atoms with Crippen LogP contribution in [0.15, 0.2) is 54.0 Å². The molecule has 0 fully saturated rings. The monoisotopic (exact) mass is 483 g/mol. The number of aromatic nitrogens is 3. The molecule has 1 N–H and O–H groups in total. The summed E-state index contributed by atoms with van der Waals surface area (Å²) in [5.41, 5.74) is 5.14. The molecule has 3 heterocycles. The maximum atomic E-state index is 12.8. The Morgan fingerprint density at radius 3 is 2.72 bits per heavy atom. The molecule has 1 amide bonds. The van der Waals surface area contributed by atoms with E-state index in [9.17, 15) is 4.79 Å². The maximum absolute atomic E-state index is 12.8. The van der Waals surface area contributed by atoms with Crippen molar-refractivity contribution in [3.63, 3.8) is 0 Å². The van der Waals surface area contributed by atoms with E-state index < -0.39 is 0 Å². The van der Waals surface area contributed by atoms with Gasteiger partial charge < -0.3 is 0 Å². The van der Waals surface area contributed by atoms with Gasteiger partial charge in [-0.3, -0.25) is 10.1 Å². The van der Waals surface area contributed by atoms with E-state index in [-0.39, 0.29) is 12.5 Å². The first-order valence-corrected chi connectivity index (χ1v) is 12.0. The van der Waals surface area contributed by atoms with Crippen molar-refractivity contribution in [3.8, 4) is 22.5 Å². The van der Waals surface area contributed by atoms with E-state index in [2.05, 4.69) is 33.9 Å². The molecule has 32 heavy (non-hydrogen) atoms. The second-order valence-electron chi connectivity index (χ2n) is 7.89. The maximum Gasteiger partial charge on any atom is 0.268 e. The first kappa shape index (κ1) is 21.2. The van der Waals surface area contributed by atoms with Crippen LogP contribution in [0.4, 0.5) is 5.13 Å². The Kier molecular flexibility index (Phi) is 5.76. The summed E-state index contributed by atoms with van der Waals surface area (Å²) >= 11 is 13.7. The van der Waals surface area contributed by atoms with E-state index in [1.807, 2.05) is 40.4 Å². The van der Waals surface area contributed by atoms with Gasteiger partial charge in [0.2, 0.25) is 0 Å². The molecule has 4 aromatic rings. The van der Waals surface area contributed by atoms with Gasteiger partial charge >= 0.3 is 0 Å². The van der Waals surface area contributed by atoms with Gasteiger partial charge in [0.1, 0.15) is 6.20 Å². The van der Waals surface area contributed by atoms with Crippen LogP contribution in [-0.2, 0) is 24.3 Å². The topological polar surface area (TPSA) is 50.8 Å². The molecule has 0 unspecified atom stereocenters. The lowest BCUT2D eigenvalue weighted by Gasteiger charge is -2.01. The molecule has 0 atom stereocenters. The molecule has 162 valence electrons. The van der Waals surface area contributed by atoms with Gasteiger partial charge in [0.25, 0.3) is 11.7 Å². The third-order valence-corrected chi connectivity index (χ3v) is 7.12. The summed E-state index contributed by atoms with van der Waals surface area (Å²) in [6, 6.07) is 13.8. The first-order chi connectivity index (χ1) is 15.5. The zero-order valence-electron chi connectivity index (χ0n) is 17.4. The second-order valence-corrected chi connectivity index (χ2v) is 9.57. The predicted molar refractivity (Wildman–Crippen MR) is 129 cm³/mol. The third-order valence-electron chi connectivity index (χ3n) is 5.62. The summed E-state index contributed by atoms with van der Waals surface area (Å²) in [5, 5.41) is 6.57. The van der Waals surface area contributed by atoms with Crippen LogP contribution in [0, 0.1) is 6.92 Å². The molecule has 0 radical (unpaired) electrons. The number of aryl methyl sites for hydroxylation is 1. The Hall–Kier alpha value is -2.67. The standard InChI is InChI=1S/C24H20Cl2N4OS/c1-15-4-6-16(7-5-15)20-14-32-24(27-20)28-22(31)13-29-12-21(30-10-2-3-23(29)30)17-8-9-18(25)19(26)11-17/h4-9,11-12,14H,2-3,10,13H2,1H3/p+1. The summed E-state index contributed by atoms with van der Waals surface area (Å²) in [4.78, 5) is 17.4. The van der Waals surface area contributed by atoms with Gasteiger partial charge in [-0.2, -0.15) is 0 Å². The van der Waals surface area contributed by atoms with E-state index in [4.69, 9.17) is 23.2 Å². The number of halogens is 2. The van der Waals surface area contributed by atoms with E-state index in [1.54, 1.807) is 6.07 Å². The van der Waals surface area contributed by atoms with Gasteiger partial charge in [0.05, 0.1) is 28.7 Å². The highest BCUT2D eigenvalue weighted by molar-refractivity contribution is 7.14. The fourth-order valence-electron chi connectivity index (χ4n) is 4.03. The SMILES string of the molecule is Cc1ccc(-c2csc(NC(=O)C[n+]3cc(-c4ccc(Cl)c(Cl)c4)n4c3CCC4)n2)cc1. The van der Waals surface area contributed by atoms with Gasteiger partial charge in [-0.1, -0.05) is 53.0 Å². The first-order valence-electron chi connectivity index (χ1n) is 10.4. The van der Waals surface area contributed by atoms with Crippen LogP contribution < -0.4 is 9.88 Å². The van der Waals surface area contributed by atoms with Crippen molar-refractivity contribution < 1.29 is 9.36 Å². The van der Waals surface area contributed by atoms with Gasteiger partial charge in [-0.25, -0.2) is 14.1 Å². The van der Waals surface area contributed by atoms with Crippen LogP contribution in [0.2, 0.25) is 10.0 Å². The second kappa shape index (κ2) is 8.70. The molecule has 1 aliphatic rings. The highest BCUT2D eigenvalue weighted by Crippen LogP contribution is 2.30. The number of hydrogen-bond acceptors (Lipinski definition) is 3. The van der Waals surface area contributed by atoms with Crippen molar-refractivity contribution in [1.82, 2.24) is 9.55 Å². The number of nitrogens with zero attached hydrogens (tertiary/aromatic N) is 3. The number of carbonyl (C=O) groups excluding carboxylic acids is 1. The summed E-state index contributed by atoms with van der Waals surface area (Å²) in [6.07, 6.45) is 4.01. The molecule has 0 spiro atoms. The van der Waals surface area contributed by atoms with Crippen molar-refractivity contribution in [3.05, 3.63) is 75.5 Å². The number of amides is 1. The third kappa shape index (κ3) is 4.18.